The summed E-state index contributed by atoms with van der Waals surface area (Å²) in [6, 6.07) is 3.63. The summed E-state index contributed by atoms with van der Waals surface area (Å²) in [6.07, 6.45) is 1.71. The number of aromatic nitrogens is 2. The van der Waals surface area contributed by atoms with E-state index in [0.717, 1.165) is 22.8 Å². The third-order valence-corrected chi connectivity index (χ3v) is 3.05. The molecule has 0 radical (unpaired) electrons. The fourth-order valence-electron chi connectivity index (χ4n) is 1.22. The molecule has 0 bridgehead atoms. The fourth-order valence-corrected chi connectivity index (χ4v) is 2.03. The predicted octanol–water partition coefficient (Wildman–Crippen LogP) is 2.56. The molecule has 0 aliphatic carbocycles. The standard InChI is InChI=1S/C11H13N3OS/c1-7-8(2)15-11(14-7)16-6-10-5-9(12)3-4-13-10/h3-5H,6H2,1-2H3,(H2,12,13). The first-order valence-electron chi connectivity index (χ1n) is 4.92. The third kappa shape index (κ3) is 2.55. The van der Waals surface area contributed by atoms with Gasteiger partial charge < -0.3 is 10.2 Å². The molecule has 0 aromatic carbocycles. The average Bonchev–Trinajstić information content (AvgIpc) is 2.56. The number of thioether (sulfide) groups is 1. The lowest BCUT2D eigenvalue weighted by atomic mass is 10.3. The molecule has 16 heavy (non-hydrogen) atoms. The van der Waals surface area contributed by atoms with Gasteiger partial charge in [0.2, 0.25) is 0 Å². The maximum absolute atomic E-state index is 5.67. The van der Waals surface area contributed by atoms with Gasteiger partial charge in [-0.1, -0.05) is 11.8 Å². The molecule has 0 atom stereocenters. The third-order valence-electron chi connectivity index (χ3n) is 2.19. The number of rotatable bonds is 3. The first-order chi connectivity index (χ1) is 7.65. The summed E-state index contributed by atoms with van der Waals surface area (Å²) in [4.78, 5) is 8.50. The van der Waals surface area contributed by atoms with Crippen LogP contribution in [0.15, 0.2) is 28.0 Å². The number of nitrogens with zero attached hydrogens (tertiary/aromatic N) is 2. The number of pyridine rings is 1. The minimum Gasteiger partial charge on any atom is -0.437 e. The Labute approximate surface area is 98.3 Å². The number of aryl methyl sites for hydroxylation is 2. The molecule has 4 nitrogen and oxygen atoms in total. The lowest BCUT2D eigenvalue weighted by Gasteiger charge is -1.98. The second kappa shape index (κ2) is 4.57. The molecule has 0 aliphatic heterocycles. The molecule has 0 amide bonds. The molecule has 0 unspecified atom stereocenters. The van der Waals surface area contributed by atoms with E-state index >= 15 is 0 Å². The number of hydrogen-bond acceptors (Lipinski definition) is 5. The maximum atomic E-state index is 5.67. The summed E-state index contributed by atoms with van der Waals surface area (Å²) in [5, 5.41) is 0.680. The van der Waals surface area contributed by atoms with Crippen LogP contribution in [0, 0.1) is 13.8 Å². The molecule has 0 aliphatic rings. The Morgan fingerprint density at radius 3 is 2.88 bits per heavy atom. The van der Waals surface area contributed by atoms with Crippen molar-refractivity contribution in [2.75, 3.05) is 5.73 Å². The highest BCUT2D eigenvalue weighted by Crippen LogP contribution is 2.23. The Kier molecular flexibility index (Phi) is 3.14. The van der Waals surface area contributed by atoms with Gasteiger partial charge in [0.1, 0.15) is 5.76 Å². The highest BCUT2D eigenvalue weighted by atomic mass is 32.2. The van der Waals surface area contributed by atoms with Crippen LogP contribution >= 0.6 is 11.8 Å². The molecule has 0 spiro atoms. The van der Waals surface area contributed by atoms with E-state index in [0.29, 0.717) is 11.0 Å². The summed E-state index contributed by atoms with van der Waals surface area (Å²) in [5.41, 5.74) is 8.26. The predicted molar refractivity (Wildman–Crippen MR) is 64.2 cm³/mol. The van der Waals surface area contributed by atoms with Crippen LogP contribution < -0.4 is 5.73 Å². The average molecular weight is 235 g/mol. The van der Waals surface area contributed by atoms with Gasteiger partial charge in [0.05, 0.1) is 11.4 Å². The molecule has 2 aromatic rings. The molecule has 2 aromatic heterocycles. The quantitative estimate of drug-likeness (QED) is 0.828. The van der Waals surface area contributed by atoms with Crippen LogP contribution in [0.4, 0.5) is 5.69 Å². The second-order valence-electron chi connectivity index (χ2n) is 3.49. The number of nitrogens with two attached hydrogens (primary N) is 1. The van der Waals surface area contributed by atoms with Crippen molar-refractivity contribution < 1.29 is 4.42 Å². The van der Waals surface area contributed by atoms with Gasteiger partial charge in [-0.3, -0.25) is 4.98 Å². The molecule has 2 rings (SSSR count). The Morgan fingerprint density at radius 2 is 2.25 bits per heavy atom. The van der Waals surface area contributed by atoms with Crippen LogP contribution in [0.1, 0.15) is 17.1 Å². The summed E-state index contributed by atoms with van der Waals surface area (Å²) in [5.74, 6) is 1.58. The minimum atomic E-state index is 0.680. The minimum absolute atomic E-state index is 0.680. The summed E-state index contributed by atoms with van der Waals surface area (Å²) >= 11 is 1.52. The zero-order chi connectivity index (χ0) is 11.5. The van der Waals surface area contributed by atoms with E-state index in [-0.39, 0.29) is 0 Å². The first kappa shape index (κ1) is 11.0. The highest BCUT2D eigenvalue weighted by Gasteiger charge is 2.06. The molecule has 0 saturated heterocycles. The van der Waals surface area contributed by atoms with E-state index in [1.807, 2.05) is 19.9 Å². The van der Waals surface area contributed by atoms with E-state index in [4.69, 9.17) is 10.2 Å². The second-order valence-corrected chi connectivity index (χ2v) is 4.42. The lowest BCUT2D eigenvalue weighted by Crippen LogP contribution is -1.90. The van der Waals surface area contributed by atoms with Crippen molar-refractivity contribution in [3.8, 4) is 0 Å². The Bertz CT molecular complexity index is 476. The van der Waals surface area contributed by atoms with Crippen LogP contribution in [0.25, 0.3) is 0 Å². The van der Waals surface area contributed by atoms with E-state index in [2.05, 4.69) is 9.97 Å². The van der Waals surface area contributed by atoms with Crippen molar-refractivity contribution in [1.82, 2.24) is 9.97 Å². The lowest BCUT2D eigenvalue weighted by molar-refractivity contribution is 0.431. The van der Waals surface area contributed by atoms with Crippen molar-refractivity contribution in [2.24, 2.45) is 0 Å². The Balaban J connectivity index is 2.02. The zero-order valence-corrected chi connectivity index (χ0v) is 10.0. The van der Waals surface area contributed by atoms with Crippen LogP contribution in [-0.4, -0.2) is 9.97 Å². The van der Waals surface area contributed by atoms with Gasteiger partial charge >= 0.3 is 0 Å². The van der Waals surface area contributed by atoms with E-state index in [1.165, 1.54) is 11.8 Å². The zero-order valence-electron chi connectivity index (χ0n) is 9.23. The van der Waals surface area contributed by atoms with Crippen LogP contribution in [0.3, 0.4) is 0 Å². The molecule has 5 heteroatoms. The van der Waals surface area contributed by atoms with Gasteiger partial charge in [0.15, 0.2) is 0 Å². The van der Waals surface area contributed by atoms with Crippen LogP contribution in [0.2, 0.25) is 0 Å². The topological polar surface area (TPSA) is 64.9 Å². The van der Waals surface area contributed by atoms with Gasteiger partial charge in [-0.25, -0.2) is 4.98 Å². The van der Waals surface area contributed by atoms with E-state index in [1.54, 1.807) is 12.3 Å². The first-order valence-corrected chi connectivity index (χ1v) is 5.91. The van der Waals surface area contributed by atoms with Crippen LogP contribution in [0.5, 0.6) is 0 Å². The molecule has 2 N–H and O–H groups in total. The molecule has 2 heterocycles. The van der Waals surface area contributed by atoms with E-state index in [9.17, 15) is 0 Å². The number of anilines is 1. The van der Waals surface area contributed by atoms with Gasteiger partial charge in [0, 0.05) is 17.6 Å². The normalized spacial score (nSPS) is 10.6. The highest BCUT2D eigenvalue weighted by molar-refractivity contribution is 7.98. The van der Waals surface area contributed by atoms with Gasteiger partial charge in [-0.15, -0.1) is 0 Å². The Morgan fingerprint density at radius 1 is 1.44 bits per heavy atom. The summed E-state index contributed by atoms with van der Waals surface area (Å²) in [7, 11) is 0. The largest absolute Gasteiger partial charge is 0.437 e. The summed E-state index contributed by atoms with van der Waals surface area (Å²) < 4.78 is 5.46. The molecule has 0 saturated carbocycles. The van der Waals surface area contributed by atoms with Crippen molar-refractivity contribution in [3.63, 3.8) is 0 Å². The number of nitrogen functional groups attached to an aromatic ring is 1. The van der Waals surface area contributed by atoms with Crippen molar-refractivity contribution in [2.45, 2.75) is 24.8 Å². The van der Waals surface area contributed by atoms with Crippen molar-refractivity contribution in [3.05, 3.63) is 35.5 Å². The maximum Gasteiger partial charge on any atom is 0.256 e. The van der Waals surface area contributed by atoms with Gasteiger partial charge in [-0.05, 0) is 26.0 Å². The SMILES string of the molecule is Cc1nc(SCc2cc(N)ccn2)oc1C. The molecule has 0 fully saturated rings. The fraction of sp³-hybridized carbons (Fsp3) is 0.273. The molecule has 84 valence electrons. The van der Waals surface area contributed by atoms with E-state index < -0.39 is 0 Å². The van der Waals surface area contributed by atoms with Crippen molar-refractivity contribution >= 4 is 17.4 Å². The van der Waals surface area contributed by atoms with Gasteiger partial charge in [-0.2, -0.15) is 0 Å². The number of oxazole rings is 1. The molecular formula is C11H13N3OS. The smallest absolute Gasteiger partial charge is 0.256 e. The molecular weight excluding hydrogens is 222 g/mol. The van der Waals surface area contributed by atoms with Crippen LogP contribution in [-0.2, 0) is 5.75 Å². The summed E-state index contributed by atoms with van der Waals surface area (Å²) in [6.45, 7) is 3.84. The Hall–Kier alpha value is -1.49. The van der Waals surface area contributed by atoms with Crippen molar-refractivity contribution in [1.29, 1.82) is 0 Å². The number of hydrogen-bond donors (Lipinski definition) is 1. The van der Waals surface area contributed by atoms with Gasteiger partial charge in [0.25, 0.3) is 5.22 Å². The monoisotopic (exact) mass is 235 g/mol.